The van der Waals surface area contributed by atoms with Crippen LogP contribution in [0.1, 0.15) is 95.4 Å². The van der Waals surface area contributed by atoms with E-state index in [0.717, 1.165) is 5.92 Å². The summed E-state index contributed by atoms with van der Waals surface area (Å²) >= 11 is 0. The summed E-state index contributed by atoms with van der Waals surface area (Å²) in [7, 11) is 0. The van der Waals surface area contributed by atoms with Gasteiger partial charge in [0.25, 0.3) is 0 Å². The zero-order valence-electron chi connectivity index (χ0n) is 30.7. The van der Waals surface area contributed by atoms with Crippen LogP contribution in [0.5, 0.6) is 0 Å². The van der Waals surface area contributed by atoms with Crippen LogP contribution in [0, 0.1) is 5.92 Å². The maximum absolute atomic E-state index is 2.84. The average molecular weight is 604 g/mol. The molecule has 0 bridgehead atoms. The molecule has 4 aliphatic heterocycles. The molecule has 0 radical (unpaired) electrons. The smallest absolute Gasteiger partial charge is 0.0246 e. The van der Waals surface area contributed by atoms with E-state index >= 15 is 0 Å². The third-order valence-corrected chi connectivity index (χ3v) is 11.5. The zero-order valence-corrected chi connectivity index (χ0v) is 30.7. The number of piperazine rings is 3. The summed E-state index contributed by atoms with van der Waals surface area (Å²) in [5.74, 6) is 0.883. The van der Waals surface area contributed by atoms with E-state index in [9.17, 15) is 0 Å². The highest BCUT2D eigenvalue weighted by molar-refractivity contribution is 4.97. The Balaban J connectivity index is 1.25. The Morgan fingerprint density at radius 2 is 0.930 bits per heavy atom. The summed E-state index contributed by atoms with van der Waals surface area (Å²) in [5, 5.41) is 0. The molecule has 1 unspecified atom stereocenters. The molecule has 0 aromatic carbocycles. The quantitative estimate of drug-likeness (QED) is 0.403. The van der Waals surface area contributed by atoms with E-state index in [-0.39, 0.29) is 11.1 Å². The minimum Gasteiger partial charge on any atom is -0.301 e. The van der Waals surface area contributed by atoms with Crippen LogP contribution in [0.3, 0.4) is 0 Å². The van der Waals surface area contributed by atoms with Crippen LogP contribution in [-0.2, 0) is 0 Å². The van der Waals surface area contributed by atoms with Crippen molar-refractivity contribution in [2.24, 2.45) is 5.92 Å². The summed E-state index contributed by atoms with van der Waals surface area (Å²) in [6.07, 6.45) is 4.00. The van der Waals surface area contributed by atoms with Crippen LogP contribution in [0.25, 0.3) is 0 Å². The summed E-state index contributed by atoms with van der Waals surface area (Å²) in [4.78, 5) is 19.3. The maximum Gasteiger partial charge on any atom is 0.0246 e. The van der Waals surface area contributed by atoms with Gasteiger partial charge in [0.1, 0.15) is 0 Å². The van der Waals surface area contributed by atoms with E-state index in [2.05, 4.69) is 110 Å². The molecular formula is C36H73N7. The number of hydrogen-bond donors (Lipinski definition) is 0. The SMILES string of the molecule is CC(C)(C)N1CCC(CN2CCN(C(C)(C)CC3CN(CCN4CCN(C(C)(C)C)CC4)CCN3C(C)(C)C)CC2)CC1. The summed E-state index contributed by atoms with van der Waals surface area (Å²) < 4.78 is 0. The van der Waals surface area contributed by atoms with Crippen molar-refractivity contribution < 1.29 is 0 Å². The molecule has 0 amide bonds. The first-order valence-corrected chi connectivity index (χ1v) is 18.1. The fourth-order valence-corrected chi connectivity index (χ4v) is 8.50. The largest absolute Gasteiger partial charge is 0.301 e. The van der Waals surface area contributed by atoms with Crippen LogP contribution >= 0.6 is 0 Å². The van der Waals surface area contributed by atoms with Crippen molar-refractivity contribution >= 4 is 0 Å². The maximum atomic E-state index is 2.84. The van der Waals surface area contributed by atoms with Gasteiger partial charge in [-0.1, -0.05) is 0 Å². The second-order valence-electron chi connectivity index (χ2n) is 18.2. The molecule has 0 saturated carbocycles. The number of nitrogens with zero attached hydrogens (tertiary/aromatic N) is 7. The van der Waals surface area contributed by atoms with E-state index in [1.54, 1.807) is 0 Å². The summed E-state index contributed by atoms with van der Waals surface area (Å²) in [6, 6.07) is 0.618. The molecule has 252 valence electrons. The van der Waals surface area contributed by atoms with Gasteiger partial charge >= 0.3 is 0 Å². The number of hydrogen-bond acceptors (Lipinski definition) is 7. The Morgan fingerprint density at radius 1 is 0.465 bits per heavy atom. The topological polar surface area (TPSA) is 22.7 Å². The minimum absolute atomic E-state index is 0.220. The van der Waals surface area contributed by atoms with Gasteiger partial charge in [0.05, 0.1) is 0 Å². The van der Waals surface area contributed by atoms with E-state index < -0.39 is 0 Å². The lowest BCUT2D eigenvalue weighted by molar-refractivity contribution is -0.0326. The molecule has 0 aromatic heterocycles. The van der Waals surface area contributed by atoms with Crippen molar-refractivity contribution in [1.82, 2.24) is 34.3 Å². The van der Waals surface area contributed by atoms with Crippen LogP contribution in [0.15, 0.2) is 0 Å². The van der Waals surface area contributed by atoms with Gasteiger partial charge in [0.2, 0.25) is 0 Å². The molecular weight excluding hydrogens is 530 g/mol. The molecule has 0 aliphatic carbocycles. The Kier molecular flexibility index (Phi) is 11.8. The van der Waals surface area contributed by atoms with E-state index in [0.29, 0.717) is 17.1 Å². The molecule has 4 saturated heterocycles. The lowest BCUT2D eigenvalue weighted by Gasteiger charge is -2.52. The van der Waals surface area contributed by atoms with Gasteiger partial charge in [-0.3, -0.25) is 29.4 Å². The zero-order chi connectivity index (χ0) is 31.6. The second kappa shape index (κ2) is 14.2. The summed E-state index contributed by atoms with van der Waals surface area (Å²) in [6.45, 7) is 46.3. The van der Waals surface area contributed by atoms with Crippen LogP contribution in [0.4, 0.5) is 0 Å². The third-order valence-electron chi connectivity index (χ3n) is 11.5. The first kappa shape index (κ1) is 35.6. The highest BCUT2D eigenvalue weighted by atomic mass is 15.3. The Morgan fingerprint density at radius 3 is 1.47 bits per heavy atom. The first-order chi connectivity index (χ1) is 19.9. The monoisotopic (exact) mass is 604 g/mol. The first-order valence-electron chi connectivity index (χ1n) is 18.1. The van der Waals surface area contributed by atoms with Crippen molar-refractivity contribution in [2.45, 2.75) is 124 Å². The molecule has 7 nitrogen and oxygen atoms in total. The van der Waals surface area contributed by atoms with Crippen molar-refractivity contribution in [3.8, 4) is 0 Å². The predicted octanol–water partition coefficient (Wildman–Crippen LogP) is 4.48. The molecule has 4 fully saturated rings. The third kappa shape index (κ3) is 10.1. The average Bonchev–Trinajstić information content (AvgIpc) is 2.91. The van der Waals surface area contributed by atoms with Gasteiger partial charge in [-0.15, -0.1) is 0 Å². The van der Waals surface area contributed by atoms with Crippen LogP contribution in [-0.4, -0.2) is 167 Å². The fourth-order valence-electron chi connectivity index (χ4n) is 8.50. The molecule has 4 heterocycles. The van der Waals surface area contributed by atoms with E-state index in [1.165, 1.54) is 124 Å². The van der Waals surface area contributed by atoms with Crippen molar-refractivity contribution in [1.29, 1.82) is 0 Å². The molecule has 7 heteroatoms. The highest BCUT2D eigenvalue weighted by Gasteiger charge is 2.40. The molecule has 43 heavy (non-hydrogen) atoms. The molecule has 0 aromatic rings. The van der Waals surface area contributed by atoms with E-state index in [4.69, 9.17) is 0 Å². The van der Waals surface area contributed by atoms with Gasteiger partial charge in [-0.05, 0) is 114 Å². The van der Waals surface area contributed by atoms with Gasteiger partial charge < -0.3 is 4.90 Å². The fraction of sp³-hybridized carbons (Fsp3) is 1.00. The van der Waals surface area contributed by atoms with Gasteiger partial charge in [-0.25, -0.2) is 0 Å². The van der Waals surface area contributed by atoms with Crippen LogP contribution < -0.4 is 0 Å². The Bertz CT molecular complexity index is 829. The minimum atomic E-state index is 0.220. The van der Waals surface area contributed by atoms with E-state index in [1.807, 2.05) is 0 Å². The Hall–Kier alpha value is -0.280. The molecule has 1 atom stereocenters. The number of rotatable bonds is 8. The standard InChI is InChI=1S/C36H73N7/c1-33(2,3)40-14-12-31(13-15-40)29-38-20-25-42(26-21-38)36(10,11)28-32-30-39(22-27-43(32)35(7,8)9)17-16-37-18-23-41(24-19-37)34(4,5)6/h31-32H,12-30H2,1-11H3. The van der Waals surface area contributed by atoms with Gasteiger partial charge in [-0.2, -0.15) is 0 Å². The molecule has 0 spiro atoms. The summed E-state index contributed by atoms with van der Waals surface area (Å²) in [5.41, 5.74) is 1.07. The second-order valence-corrected chi connectivity index (χ2v) is 18.2. The van der Waals surface area contributed by atoms with Gasteiger partial charge in [0, 0.05) is 120 Å². The van der Waals surface area contributed by atoms with Crippen molar-refractivity contribution in [3.63, 3.8) is 0 Å². The molecule has 4 rings (SSSR count). The number of likely N-dealkylation sites (tertiary alicyclic amines) is 1. The van der Waals surface area contributed by atoms with Gasteiger partial charge in [0.15, 0.2) is 0 Å². The van der Waals surface area contributed by atoms with Crippen LogP contribution in [0.2, 0.25) is 0 Å². The predicted molar refractivity (Wildman–Crippen MR) is 185 cm³/mol. The molecule has 4 aliphatic rings. The normalized spacial score (nSPS) is 27.3. The molecule has 0 N–H and O–H groups in total. The highest BCUT2D eigenvalue weighted by Crippen LogP contribution is 2.31. The number of piperidine rings is 1. The van der Waals surface area contributed by atoms with Crippen molar-refractivity contribution in [2.75, 3.05) is 105 Å². The lowest BCUT2D eigenvalue weighted by atomic mass is 9.88. The van der Waals surface area contributed by atoms with Crippen molar-refractivity contribution in [3.05, 3.63) is 0 Å². The Labute approximate surface area is 268 Å². The lowest BCUT2D eigenvalue weighted by Crippen LogP contribution is -2.63.